The number of carbonyl (C=O) groups excluding carboxylic acids is 1. The van der Waals surface area contributed by atoms with Gasteiger partial charge in [0.05, 0.1) is 13.2 Å². The summed E-state index contributed by atoms with van der Waals surface area (Å²) in [6.07, 6.45) is 11.1. The fraction of sp³-hybridized carbons (Fsp3) is 0.788. The maximum Gasteiger partial charge on any atom is 0.305 e. The molecule has 0 heterocycles. The quantitative estimate of drug-likeness (QED) is 0.262. The van der Waals surface area contributed by atoms with Gasteiger partial charge in [0.15, 0.2) is 0 Å². The Balaban J connectivity index is 1.19. The molecule has 38 heavy (non-hydrogen) atoms. The van der Waals surface area contributed by atoms with E-state index in [9.17, 15) is 9.90 Å². The summed E-state index contributed by atoms with van der Waals surface area (Å²) in [6.45, 7) is 9.35. The van der Waals surface area contributed by atoms with Crippen LogP contribution in [0.3, 0.4) is 0 Å². The molecule has 0 spiro atoms. The van der Waals surface area contributed by atoms with Crippen molar-refractivity contribution in [2.75, 3.05) is 25.5 Å². The molecule has 4 aliphatic rings. The SMILES string of the molecule is COC(=O)CCC(C)[C@H]1CCC2C3C[C@@H](O)[C@H]4C[C@@H](NCCNc5ccccc5)CC[C@]4(C)C3CC[C@@]21C. The molecular formula is C33H52N2O3. The molecule has 0 aliphatic heterocycles. The smallest absolute Gasteiger partial charge is 0.305 e. The van der Waals surface area contributed by atoms with Gasteiger partial charge in [0.2, 0.25) is 0 Å². The van der Waals surface area contributed by atoms with Crippen LogP contribution in [0.2, 0.25) is 0 Å². The van der Waals surface area contributed by atoms with Crippen LogP contribution in [0.1, 0.15) is 85.0 Å². The fourth-order valence-electron chi connectivity index (χ4n) is 10.1. The highest BCUT2D eigenvalue weighted by Gasteiger charge is 2.62. The molecule has 5 heteroatoms. The molecule has 3 N–H and O–H groups in total. The summed E-state index contributed by atoms with van der Waals surface area (Å²) in [6, 6.07) is 10.9. The van der Waals surface area contributed by atoms with Crippen molar-refractivity contribution >= 4 is 11.7 Å². The van der Waals surface area contributed by atoms with Crippen molar-refractivity contribution in [2.24, 2.45) is 46.3 Å². The van der Waals surface area contributed by atoms with Gasteiger partial charge in [-0.15, -0.1) is 0 Å². The maximum absolute atomic E-state index is 11.8. The molecule has 4 unspecified atom stereocenters. The van der Waals surface area contributed by atoms with Crippen LogP contribution in [0, 0.1) is 46.3 Å². The van der Waals surface area contributed by atoms with E-state index < -0.39 is 0 Å². The number of rotatable bonds is 9. The number of nitrogens with one attached hydrogen (secondary N) is 2. The maximum atomic E-state index is 11.8. The van der Waals surface area contributed by atoms with Crippen LogP contribution in [0.15, 0.2) is 30.3 Å². The van der Waals surface area contributed by atoms with Crippen molar-refractivity contribution in [3.63, 3.8) is 0 Å². The zero-order chi connectivity index (χ0) is 26.9. The summed E-state index contributed by atoms with van der Waals surface area (Å²) < 4.78 is 4.92. The first-order chi connectivity index (χ1) is 18.3. The van der Waals surface area contributed by atoms with Crippen LogP contribution in [0.4, 0.5) is 5.69 Å². The van der Waals surface area contributed by atoms with Crippen molar-refractivity contribution in [1.82, 2.24) is 5.32 Å². The predicted molar refractivity (Wildman–Crippen MR) is 154 cm³/mol. The first-order valence-corrected chi connectivity index (χ1v) is 15.5. The van der Waals surface area contributed by atoms with Crippen molar-refractivity contribution in [1.29, 1.82) is 0 Å². The van der Waals surface area contributed by atoms with Crippen LogP contribution < -0.4 is 10.6 Å². The van der Waals surface area contributed by atoms with E-state index in [1.165, 1.54) is 51.3 Å². The normalized spacial score (nSPS) is 40.9. The third-order valence-electron chi connectivity index (χ3n) is 12.1. The van der Waals surface area contributed by atoms with Gasteiger partial charge >= 0.3 is 5.97 Å². The number of aliphatic hydroxyl groups excluding tert-OH is 1. The highest BCUT2D eigenvalue weighted by Crippen LogP contribution is 2.68. The third kappa shape index (κ3) is 5.27. The highest BCUT2D eigenvalue weighted by molar-refractivity contribution is 5.69. The summed E-state index contributed by atoms with van der Waals surface area (Å²) >= 11 is 0. The number of para-hydroxylation sites is 1. The zero-order valence-corrected chi connectivity index (χ0v) is 24.3. The van der Waals surface area contributed by atoms with Gasteiger partial charge in [-0.05, 0) is 116 Å². The van der Waals surface area contributed by atoms with E-state index >= 15 is 0 Å². The van der Waals surface area contributed by atoms with Gasteiger partial charge in [-0.3, -0.25) is 4.79 Å². The number of esters is 1. The summed E-state index contributed by atoms with van der Waals surface area (Å²) in [5.74, 6) is 3.70. The number of ether oxygens (including phenoxy) is 1. The lowest BCUT2D eigenvalue weighted by atomic mass is 9.43. The number of aliphatic hydroxyl groups is 1. The molecular weight excluding hydrogens is 472 g/mol. The summed E-state index contributed by atoms with van der Waals surface area (Å²) in [5.41, 5.74) is 1.79. The van der Waals surface area contributed by atoms with Crippen molar-refractivity contribution in [3.8, 4) is 0 Å². The minimum absolute atomic E-state index is 0.0767. The second-order valence-electron chi connectivity index (χ2n) is 13.8. The van der Waals surface area contributed by atoms with E-state index in [0.717, 1.165) is 44.2 Å². The molecule has 4 saturated carbocycles. The van der Waals surface area contributed by atoms with Crippen LogP contribution in [0.5, 0.6) is 0 Å². The molecule has 1 aromatic rings. The largest absolute Gasteiger partial charge is 0.469 e. The molecule has 0 radical (unpaired) electrons. The molecule has 0 saturated heterocycles. The van der Waals surface area contributed by atoms with E-state index in [-0.39, 0.29) is 17.5 Å². The van der Waals surface area contributed by atoms with Gasteiger partial charge in [-0.2, -0.15) is 0 Å². The Morgan fingerprint density at radius 1 is 1.00 bits per heavy atom. The first kappa shape index (κ1) is 28.0. The number of hydrogen-bond donors (Lipinski definition) is 3. The average molecular weight is 525 g/mol. The zero-order valence-electron chi connectivity index (χ0n) is 24.3. The van der Waals surface area contributed by atoms with Gasteiger partial charge in [0, 0.05) is 31.2 Å². The van der Waals surface area contributed by atoms with E-state index in [0.29, 0.717) is 41.5 Å². The number of benzene rings is 1. The van der Waals surface area contributed by atoms with E-state index in [1.54, 1.807) is 0 Å². The fourth-order valence-corrected chi connectivity index (χ4v) is 10.1. The Kier molecular flexibility index (Phi) is 8.45. The highest BCUT2D eigenvalue weighted by atomic mass is 16.5. The molecule has 10 atom stereocenters. The van der Waals surface area contributed by atoms with Crippen LogP contribution in [-0.4, -0.2) is 43.4 Å². The number of carbonyl (C=O) groups is 1. The number of hydrogen-bond acceptors (Lipinski definition) is 5. The molecule has 1 aromatic carbocycles. The van der Waals surface area contributed by atoms with E-state index in [1.807, 2.05) is 0 Å². The standard InChI is InChI=1S/C33H52N2O3/c1-22(10-13-31(37)38-4)26-11-12-27-25-21-30(36)29-20-24(35-19-18-34-23-8-6-5-7-9-23)14-16-33(29,3)28(25)15-17-32(26,27)2/h5-9,22,24-30,34-36H,10-21H2,1-4H3/t22?,24-,25?,26+,27?,28?,29+,30+,32+,33+/m0/s1. The molecule has 0 aromatic heterocycles. The van der Waals surface area contributed by atoms with E-state index in [2.05, 4.69) is 61.7 Å². The minimum Gasteiger partial charge on any atom is -0.469 e. The number of fused-ring (bicyclic) bond motifs is 5. The van der Waals surface area contributed by atoms with Crippen molar-refractivity contribution in [3.05, 3.63) is 30.3 Å². The Morgan fingerprint density at radius 2 is 1.74 bits per heavy atom. The van der Waals surface area contributed by atoms with Gasteiger partial charge in [0.25, 0.3) is 0 Å². The molecule has 212 valence electrons. The topological polar surface area (TPSA) is 70.6 Å². The molecule has 4 fully saturated rings. The third-order valence-corrected chi connectivity index (χ3v) is 12.1. The van der Waals surface area contributed by atoms with Crippen molar-refractivity contribution in [2.45, 2.75) is 97.1 Å². The van der Waals surface area contributed by atoms with E-state index in [4.69, 9.17) is 4.74 Å². The Bertz CT molecular complexity index is 939. The second-order valence-corrected chi connectivity index (χ2v) is 13.8. The summed E-state index contributed by atoms with van der Waals surface area (Å²) in [7, 11) is 1.50. The predicted octanol–water partition coefficient (Wildman–Crippen LogP) is 6.28. The monoisotopic (exact) mass is 524 g/mol. The number of anilines is 1. The van der Waals surface area contributed by atoms with Crippen LogP contribution >= 0.6 is 0 Å². The minimum atomic E-state index is -0.175. The Labute approximate surface area is 230 Å². The van der Waals surface area contributed by atoms with Crippen LogP contribution in [0.25, 0.3) is 0 Å². The van der Waals surface area contributed by atoms with Gasteiger partial charge in [-0.1, -0.05) is 39.0 Å². The molecule has 0 amide bonds. The Hall–Kier alpha value is -1.59. The summed E-state index contributed by atoms with van der Waals surface area (Å²) in [5, 5.41) is 18.9. The second kappa shape index (κ2) is 11.5. The lowest BCUT2D eigenvalue weighted by Crippen LogP contribution is -2.59. The van der Waals surface area contributed by atoms with Crippen LogP contribution in [-0.2, 0) is 9.53 Å². The first-order valence-electron chi connectivity index (χ1n) is 15.5. The lowest BCUT2D eigenvalue weighted by molar-refractivity contribution is -0.162. The molecule has 0 bridgehead atoms. The van der Waals surface area contributed by atoms with Crippen molar-refractivity contribution < 1.29 is 14.6 Å². The van der Waals surface area contributed by atoms with Gasteiger partial charge in [-0.25, -0.2) is 0 Å². The summed E-state index contributed by atoms with van der Waals surface area (Å²) in [4.78, 5) is 11.8. The molecule has 5 rings (SSSR count). The van der Waals surface area contributed by atoms with Gasteiger partial charge < -0.3 is 20.5 Å². The average Bonchev–Trinajstić information content (AvgIpc) is 3.28. The Morgan fingerprint density at radius 3 is 2.50 bits per heavy atom. The number of methoxy groups -OCH3 is 1. The van der Waals surface area contributed by atoms with Gasteiger partial charge in [0.1, 0.15) is 0 Å². The lowest BCUT2D eigenvalue weighted by Gasteiger charge is -2.62. The molecule has 5 nitrogen and oxygen atoms in total. The molecule has 4 aliphatic carbocycles.